The molecule has 0 spiro atoms. The van der Waals surface area contributed by atoms with Crippen molar-refractivity contribution in [2.24, 2.45) is 0 Å². The van der Waals surface area contributed by atoms with E-state index in [1.54, 1.807) is 0 Å². The van der Waals surface area contributed by atoms with E-state index in [9.17, 15) is 0 Å². The van der Waals surface area contributed by atoms with Gasteiger partial charge in [-0.25, -0.2) is 0 Å². The Morgan fingerprint density at radius 3 is 1.88 bits per heavy atom. The number of para-hydroxylation sites is 1. The average molecular weight is 544 g/mol. The molecule has 0 saturated heterocycles. The molecule has 198 valence electrons. The number of rotatable bonds is 2. The van der Waals surface area contributed by atoms with Crippen molar-refractivity contribution in [2.75, 3.05) is 0 Å². The third kappa shape index (κ3) is 3.11. The first-order valence-corrected chi connectivity index (χ1v) is 14.9. The summed E-state index contributed by atoms with van der Waals surface area (Å²) in [4.78, 5) is 0. The molecule has 0 atom stereocenters. The van der Waals surface area contributed by atoms with Crippen LogP contribution >= 0.6 is 0 Å². The van der Waals surface area contributed by atoms with Gasteiger partial charge in [0.15, 0.2) is 0 Å². The molecule has 0 radical (unpaired) electrons. The van der Waals surface area contributed by atoms with Crippen molar-refractivity contribution in [3.8, 4) is 39.1 Å². The molecule has 8 aromatic carbocycles. The van der Waals surface area contributed by atoms with Crippen LogP contribution in [0.3, 0.4) is 0 Å². The molecular formula is C42H25N. The lowest BCUT2D eigenvalue weighted by Crippen LogP contribution is -1.94. The highest BCUT2D eigenvalue weighted by molar-refractivity contribution is 6.22. The van der Waals surface area contributed by atoms with E-state index in [1.807, 2.05) is 0 Å². The van der Waals surface area contributed by atoms with E-state index in [0.29, 0.717) is 0 Å². The van der Waals surface area contributed by atoms with Gasteiger partial charge in [-0.15, -0.1) is 0 Å². The molecule has 0 fully saturated rings. The van der Waals surface area contributed by atoms with Crippen molar-refractivity contribution in [3.63, 3.8) is 0 Å². The third-order valence-corrected chi connectivity index (χ3v) is 9.50. The van der Waals surface area contributed by atoms with Crippen LogP contribution in [0.25, 0.3) is 93.2 Å². The predicted molar refractivity (Wildman–Crippen MR) is 183 cm³/mol. The Morgan fingerprint density at radius 2 is 0.977 bits per heavy atom. The summed E-state index contributed by atoms with van der Waals surface area (Å²) < 4.78 is 2.42. The smallest absolute Gasteiger partial charge is 0.0547 e. The molecule has 1 heteroatoms. The average Bonchev–Trinajstić information content (AvgIpc) is 3.59. The molecule has 0 saturated carbocycles. The van der Waals surface area contributed by atoms with Gasteiger partial charge in [0.25, 0.3) is 0 Å². The maximum absolute atomic E-state index is 2.42. The molecule has 0 aliphatic heterocycles. The quantitative estimate of drug-likeness (QED) is 0.204. The van der Waals surface area contributed by atoms with Gasteiger partial charge in [0.1, 0.15) is 0 Å². The van der Waals surface area contributed by atoms with Crippen molar-refractivity contribution >= 4 is 54.1 Å². The highest BCUT2D eigenvalue weighted by Crippen LogP contribution is 2.49. The topological polar surface area (TPSA) is 4.93 Å². The summed E-state index contributed by atoms with van der Waals surface area (Å²) in [6.07, 6.45) is 0. The van der Waals surface area contributed by atoms with Gasteiger partial charge in [0.05, 0.1) is 11.0 Å². The minimum Gasteiger partial charge on any atom is -0.309 e. The fourth-order valence-electron chi connectivity index (χ4n) is 7.62. The van der Waals surface area contributed by atoms with Gasteiger partial charge in [-0.3, -0.25) is 0 Å². The Balaban J connectivity index is 1.15. The minimum atomic E-state index is 1.19. The zero-order valence-electron chi connectivity index (χ0n) is 23.4. The monoisotopic (exact) mass is 543 g/mol. The van der Waals surface area contributed by atoms with Crippen LogP contribution in [-0.4, -0.2) is 4.57 Å². The fraction of sp³-hybridized carbons (Fsp3) is 0. The van der Waals surface area contributed by atoms with Crippen LogP contribution in [0.5, 0.6) is 0 Å². The molecule has 1 nitrogen and oxygen atoms in total. The first kappa shape index (κ1) is 23.0. The van der Waals surface area contributed by atoms with Crippen molar-refractivity contribution < 1.29 is 0 Å². The second-order valence-electron chi connectivity index (χ2n) is 11.7. The lowest BCUT2D eigenvalue weighted by atomic mass is 9.93. The second-order valence-corrected chi connectivity index (χ2v) is 11.7. The van der Waals surface area contributed by atoms with Crippen LogP contribution in [0.1, 0.15) is 0 Å². The number of fused-ring (bicyclic) bond motifs is 9. The van der Waals surface area contributed by atoms with Gasteiger partial charge in [-0.05, 0) is 96.0 Å². The third-order valence-electron chi connectivity index (χ3n) is 9.50. The molecule has 1 aliphatic carbocycles. The number of nitrogens with zero attached hydrogens (tertiary/aromatic N) is 1. The van der Waals surface area contributed by atoms with Gasteiger partial charge >= 0.3 is 0 Å². The van der Waals surface area contributed by atoms with Gasteiger partial charge in [0.2, 0.25) is 0 Å². The summed E-state index contributed by atoms with van der Waals surface area (Å²) in [6.45, 7) is 0. The molecule has 0 N–H and O–H groups in total. The summed E-state index contributed by atoms with van der Waals surface area (Å²) in [5.74, 6) is 0. The SMILES string of the molecule is c1ccc2c(c1)-c1cccc3c(-c4ccc5cc(-n6c7ccccc7c7c8ccccc8ccc76)ccc5c4)ccc-2c13. The molecule has 0 amide bonds. The molecule has 0 bridgehead atoms. The van der Waals surface area contributed by atoms with Gasteiger partial charge in [-0.2, -0.15) is 0 Å². The van der Waals surface area contributed by atoms with E-state index in [4.69, 9.17) is 0 Å². The van der Waals surface area contributed by atoms with Crippen LogP contribution in [0.4, 0.5) is 0 Å². The Kier molecular flexibility index (Phi) is 4.51. The number of benzene rings is 8. The predicted octanol–water partition coefficient (Wildman–Crippen LogP) is 11.6. The highest BCUT2D eigenvalue weighted by atomic mass is 15.0. The Bertz CT molecular complexity index is 2590. The maximum atomic E-state index is 2.42. The number of hydrogen-bond acceptors (Lipinski definition) is 0. The number of hydrogen-bond donors (Lipinski definition) is 0. The van der Waals surface area contributed by atoms with Crippen LogP contribution in [0, 0.1) is 0 Å². The van der Waals surface area contributed by atoms with Gasteiger partial charge < -0.3 is 4.57 Å². The molecule has 1 heterocycles. The van der Waals surface area contributed by atoms with Crippen molar-refractivity contribution in [3.05, 3.63) is 152 Å². The largest absolute Gasteiger partial charge is 0.309 e. The van der Waals surface area contributed by atoms with Crippen LogP contribution in [0.15, 0.2) is 152 Å². The minimum absolute atomic E-state index is 1.19. The molecular weight excluding hydrogens is 518 g/mol. The highest BCUT2D eigenvalue weighted by Gasteiger charge is 2.22. The molecule has 0 unspecified atom stereocenters. The Hall–Kier alpha value is -5.66. The molecule has 1 aliphatic rings. The summed E-state index contributed by atoms with van der Waals surface area (Å²) in [6, 6.07) is 56.0. The van der Waals surface area contributed by atoms with E-state index >= 15 is 0 Å². The first-order chi connectivity index (χ1) is 21.3. The van der Waals surface area contributed by atoms with E-state index in [2.05, 4.69) is 156 Å². The normalized spacial score (nSPS) is 12.2. The Labute approximate surface area is 248 Å². The van der Waals surface area contributed by atoms with E-state index in [1.165, 1.54) is 93.2 Å². The van der Waals surface area contributed by atoms with Crippen LogP contribution in [-0.2, 0) is 0 Å². The molecule has 10 rings (SSSR count). The van der Waals surface area contributed by atoms with Gasteiger partial charge in [-0.1, -0.05) is 121 Å². The van der Waals surface area contributed by atoms with E-state index in [-0.39, 0.29) is 0 Å². The van der Waals surface area contributed by atoms with Gasteiger partial charge in [0, 0.05) is 16.5 Å². The molecule has 1 aromatic heterocycles. The molecule has 43 heavy (non-hydrogen) atoms. The van der Waals surface area contributed by atoms with Crippen LogP contribution < -0.4 is 0 Å². The Morgan fingerprint density at radius 1 is 0.326 bits per heavy atom. The van der Waals surface area contributed by atoms with Crippen molar-refractivity contribution in [2.45, 2.75) is 0 Å². The summed E-state index contributed by atoms with van der Waals surface area (Å²) in [5.41, 5.74) is 11.6. The van der Waals surface area contributed by atoms with E-state index < -0.39 is 0 Å². The lowest BCUT2D eigenvalue weighted by Gasteiger charge is -2.12. The zero-order valence-corrected chi connectivity index (χ0v) is 23.4. The number of aromatic nitrogens is 1. The summed E-state index contributed by atoms with van der Waals surface area (Å²) in [7, 11) is 0. The lowest BCUT2D eigenvalue weighted by molar-refractivity contribution is 1.19. The zero-order chi connectivity index (χ0) is 28.1. The van der Waals surface area contributed by atoms with E-state index in [0.717, 1.165) is 0 Å². The maximum Gasteiger partial charge on any atom is 0.0547 e. The fourth-order valence-corrected chi connectivity index (χ4v) is 7.62. The first-order valence-electron chi connectivity index (χ1n) is 14.9. The second kappa shape index (κ2) is 8.44. The van der Waals surface area contributed by atoms with Crippen molar-refractivity contribution in [1.82, 2.24) is 4.57 Å². The molecule has 9 aromatic rings. The summed E-state index contributed by atoms with van der Waals surface area (Å²) in [5, 5.41) is 10.4. The standard InChI is InChI=1S/C42H25N/c1-2-9-32-26(8-1)19-23-40-42(32)38-12-5-6-15-39(38)43(40)30-20-18-27-24-29(17-16-28(27)25-30)31-21-22-37-34-11-4-3-10-33(34)36-14-7-13-35(31)41(36)37/h1-25H. The van der Waals surface area contributed by atoms with Crippen molar-refractivity contribution in [1.29, 1.82) is 0 Å². The summed E-state index contributed by atoms with van der Waals surface area (Å²) >= 11 is 0. The van der Waals surface area contributed by atoms with Crippen LogP contribution in [0.2, 0.25) is 0 Å².